The zero-order valence-electron chi connectivity index (χ0n) is 14.7. The van der Waals surface area contributed by atoms with Crippen LogP contribution in [0.15, 0.2) is 35.9 Å². The summed E-state index contributed by atoms with van der Waals surface area (Å²) in [4.78, 5) is 12.5. The van der Waals surface area contributed by atoms with Crippen molar-refractivity contribution in [1.82, 2.24) is 0 Å². The van der Waals surface area contributed by atoms with Crippen LogP contribution in [0.4, 0.5) is 5.69 Å². The predicted octanol–water partition coefficient (Wildman–Crippen LogP) is 5.46. The van der Waals surface area contributed by atoms with E-state index >= 15 is 0 Å². The Kier molecular flexibility index (Phi) is 7.46. The van der Waals surface area contributed by atoms with E-state index < -0.39 is 5.91 Å². The number of carbonyl (C=O) groups is 1. The molecule has 2 aromatic carbocycles. The summed E-state index contributed by atoms with van der Waals surface area (Å²) in [6.07, 6.45) is 1.59. The number of hydrogen-bond acceptors (Lipinski definition) is 3. The van der Waals surface area contributed by atoms with Gasteiger partial charge in [-0.2, -0.15) is 5.26 Å². The van der Waals surface area contributed by atoms with Gasteiger partial charge in [0.25, 0.3) is 5.91 Å². The normalized spacial score (nSPS) is 11.0. The molecule has 26 heavy (non-hydrogen) atoms. The summed E-state index contributed by atoms with van der Waals surface area (Å²) in [6.45, 7) is 6.51. The van der Waals surface area contributed by atoms with Gasteiger partial charge in [-0.25, -0.2) is 0 Å². The van der Waals surface area contributed by atoms with Crippen LogP contribution in [0, 0.1) is 32.3 Å². The van der Waals surface area contributed by atoms with Crippen LogP contribution in [0.2, 0.25) is 0 Å². The quantitative estimate of drug-likeness (QED) is 0.295. The first kappa shape index (κ1) is 20.7. The Balaban J connectivity index is 2.28. The van der Waals surface area contributed by atoms with E-state index in [1.807, 2.05) is 57.2 Å². The van der Waals surface area contributed by atoms with E-state index in [4.69, 9.17) is 4.74 Å². The molecular weight excluding hydrogens is 554 g/mol. The molecule has 0 atom stereocenters. The third kappa shape index (κ3) is 5.20. The van der Waals surface area contributed by atoms with Gasteiger partial charge >= 0.3 is 0 Å². The Morgan fingerprint density at radius 3 is 2.38 bits per heavy atom. The van der Waals surface area contributed by atoms with Crippen molar-refractivity contribution in [2.45, 2.75) is 20.8 Å². The van der Waals surface area contributed by atoms with E-state index in [9.17, 15) is 10.1 Å². The number of hydrogen-bond donors (Lipinski definition) is 1. The van der Waals surface area contributed by atoms with E-state index in [0.717, 1.165) is 29.6 Å². The Morgan fingerprint density at radius 2 is 1.85 bits per heavy atom. The maximum Gasteiger partial charge on any atom is 0.266 e. The minimum Gasteiger partial charge on any atom is -0.492 e. The molecule has 0 aromatic heterocycles. The van der Waals surface area contributed by atoms with Gasteiger partial charge < -0.3 is 10.1 Å². The minimum absolute atomic E-state index is 0.0546. The lowest BCUT2D eigenvalue weighted by Crippen LogP contribution is -2.13. The van der Waals surface area contributed by atoms with Crippen molar-refractivity contribution >= 4 is 62.9 Å². The van der Waals surface area contributed by atoms with Crippen molar-refractivity contribution in [1.29, 1.82) is 5.26 Å². The Labute approximate surface area is 180 Å². The molecule has 0 unspecified atom stereocenters. The average Bonchev–Trinajstić information content (AvgIpc) is 2.59. The fraction of sp³-hybridized carbons (Fsp3) is 0.200. The van der Waals surface area contributed by atoms with Crippen LogP contribution >= 0.6 is 45.2 Å². The molecular formula is C20H18I2N2O2. The summed E-state index contributed by atoms with van der Waals surface area (Å²) in [5, 5.41) is 12.2. The van der Waals surface area contributed by atoms with Gasteiger partial charge in [0.2, 0.25) is 0 Å². The van der Waals surface area contributed by atoms with Gasteiger partial charge in [0, 0.05) is 5.69 Å². The van der Waals surface area contributed by atoms with Crippen molar-refractivity contribution in [3.8, 4) is 11.8 Å². The lowest BCUT2D eigenvalue weighted by Gasteiger charge is -2.10. The minimum atomic E-state index is -0.422. The van der Waals surface area contributed by atoms with Gasteiger partial charge in [-0.05, 0) is 113 Å². The smallest absolute Gasteiger partial charge is 0.266 e. The number of nitrogens with one attached hydrogen (secondary N) is 1. The second kappa shape index (κ2) is 9.37. The molecule has 0 aliphatic carbocycles. The maximum atomic E-state index is 12.5. The molecule has 0 fully saturated rings. The van der Waals surface area contributed by atoms with Gasteiger partial charge in [-0.15, -0.1) is 0 Å². The molecule has 6 heteroatoms. The molecule has 4 nitrogen and oxygen atoms in total. The predicted molar refractivity (Wildman–Crippen MR) is 121 cm³/mol. The number of carbonyl (C=O) groups excluding carboxylic acids is 1. The van der Waals surface area contributed by atoms with Crippen LogP contribution in [-0.2, 0) is 4.79 Å². The van der Waals surface area contributed by atoms with Gasteiger partial charge in [-0.1, -0.05) is 6.07 Å². The second-order valence-electron chi connectivity index (χ2n) is 5.67. The summed E-state index contributed by atoms with van der Waals surface area (Å²) in [7, 11) is 0. The first-order valence-electron chi connectivity index (χ1n) is 7.98. The summed E-state index contributed by atoms with van der Waals surface area (Å²) in [5.41, 5.74) is 3.75. The number of anilines is 1. The molecule has 0 spiro atoms. The van der Waals surface area contributed by atoms with Crippen LogP contribution in [0.5, 0.6) is 5.75 Å². The molecule has 0 bridgehead atoms. The average molecular weight is 572 g/mol. The highest BCUT2D eigenvalue weighted by Crippen LogP contribution is 2.30. The number of amides is 1. The highest BCUT2D eigenvalue weighted by molar-refractivity contribution is 14.1. The highest BCUT2D eigenvalue weighted by Gasteiger charge is 2.12. The van der Waals surface area contributed by atoms with E-state index in [0.29, 0.717) is 12.3 Å². The van der Waals surface area contributed by atoms with E-state index in [1.54, 1.807) is 6.08 Å². The number of nitriles is 1. The zero-order chi connectivity index (χ0) is 19.3. The Morgan fingerprint density at radius 1 is 1.19 bits per heavy atom. The van der Waals surface area contributed by atoms with Crippen LogP contribution in [0.1, 0.15) is 23.6 Å². The van der Waals surface area contributed by atoms with Crippen molar-refractivity contribution < 1.29 is 9.53 Å². The van der Waals surface area contributed by atoms with Crippen molar-refractivity contribution in [2.75, 3.05) is 11.9 Å². The highest BCUT2D eigenvalue weighted by atomic mass is 127. The van der Waals surface area contributed by atoms with E-state index in [2.05, 4.69) is 50.5 Å². The molecule has 0 aliphatic rings. The third-order valence-corrected chi connectivity index (χ3v) is 5.35. The van der Waals surface area contributed by atoms with Crippen molar-refractivity contribution in [3.63, 3.8) is 0 Å². The topological polar surface area (TPSA) is 62.1 Å². The molecule has 0 heterocycles. The second-order valence-corrected chi connectivity index (χ2v) is 7.99. The van der Waals surface area contributed by atoms with Gasteiger partial charge in [0.05, 0.1) is 13.7 Å². The zero-order valence-corrected chi connectivity index (χ0v) is 19.0. The number of aryl methyl sites for hydroxylation is 2. The maximum absolute atomic E-state index is 12.5. The first-order chi connectivity index (χ1) is 12.3. The molecule has 1 N–H and O–H groups in total. The van der Waals surface area contributed by atoms with E-state index in [-0.39, 0.29) is 5.57 Å². The Bertz CT molecular complexity index is 892. The molecule has 0 saturated carbocycles. The monoisotopic (exact) mass is 572 g/mol. The third-order valence-electron chi connectivity index (χ3n) is 3.75. The van der Waals surface area contributed by atoms with Gasteiger partial charge in [0.1, 0.15) is 17.4 Å². The summed E-state index contributed by atoms with van der Waals surface area (Å²) in [5.74, 6) is 0.401. The van der Waals surface area contributed by atoms with Crippen molar-refractivity contribution in [3.05, 3.63) is 59.7 Å². The lowest BCUT2D eigenvalue weighted by atomic mass is 10.1. The van der Waals surface area contributed by atoms with E-state index in [1.165, 1.54) is 0 Å². The molecule has 2 rings (SSSR count). The largest absolute Gasteiger partial charge is 0.492 e. The number of ether oxygens (including phenoxy) is 1. The van der Waals surface area contributed by atoms with Crippen LogP contribution in [-0.4, -0.2) is 12.5 Å². The Hall–Kier alpha value is -1.60. The van der Waals surface area contributed by atoms with Crippen LogP contribution < -0.4 is 10.1 Å². The number of halogens is 2. The van der Waals surface area contributed by atoms with Crippen molar-refractivity contribution in [2.24, 2.45) is 0 Å². The first-order valence-corrected chi connectivity index (χ1v) is 10.1. The lowest BCUT2D eigenvalue weighted by molar-refractivity contribution is -0.112. The van der Waals surface area contributed by atoms with Crippen LogP contribution in [0.3, 0.4) is 0 Å². The van der Waals surface area contributed by atoms with Gasteiger partial charge in [-0.3, -0.25) is 4.79 Å². The molecule has 1 amide bonds. The van der Waals surface area contributed by atoms with Crippen LogP contribution in [0.25, 0.3) is 6.08 Å². The summed E-state index contributed by atoms with van der Waals surface area (Å²) >= 11 is 4.39. The number of rotatable bonds is 5. The summed E-state index contributed by atoms with van der Waals surface area (Å²) in [6, 6.07) is 11.5. The standard InChI is InChI=1S/C20H18I2N2O2/c1-4-26-19-17(21)9-14(10-18(19)22)8-15(11-23)20(25)24-16-6-5-12(2)13(3)7-16/h5-10H,4H2,1-3H3,(H,24,25)/b15-8-. The summed E-state index contributed by atoms with van der Waals surface area (Å²) < 4.78 is 7.50. The molecule has 0 aliphatic heterocycles. The molecule has 134 valence electrons. The SMILES string of the molecule is CCOc1c(I)cc(/C=C(/C#N)C(=O)Nc2ccc(C)c(C)c2)cc1I. The number of benzene rings is 2. The molecule has 2 aromatic rings. The fourth-order valence-electron chi connectivity index (χ4n) is 2.28. The molecule has 0 radical (unpaired) electrons. The number of nitrogens with zero attached hydrogens (tertiary/aromatic N) is 1. The molecule has 0 saturated heterocycles. The fourth-order valence-corrected chi connectivity index (χ4v) is 4.41. The van der Waals surface area contributed by atoms with Gasteiger partial charge in [0.15, 0.2) is 0 Å².